The summed E-state index contributed by atoms with van der Waals surface area (Å²) in [5.41, 5.74) is 1.97. The Morgan fingerprint density at radius 3 is 2.19 bits per heavy atom. The van der Waals surface area contributed by atoms with Crippen LogP contribution in [0.15, 0.2) is 24.3 Å². The molecule has 1 aromatic rings. The standard InChI is InChI=1S/C17H28N2O2/c1-6-19(7-2)15-10-8-14(9-11-15)12-18-13-16(20)21-17(3,4)5/h8-11,18H,6-7,12-13H2,1-5H3. The second-order valence-corrected chi connectivity index (χ2v) is 6.03. The molecule has 118 valence electrons. The first-order valence-corrected chi connectivity index (χ1v) is 7.62. The summed E-state index contributed by atoms with van der Waals surface area (Å²) in [7, 11) is 0. The van der Waals surface area contributed by atoms with Crippen molar-refractivity contribution in [3.8, 4) is 0 Å². The average molecular weight is 292 g/mol. The maximum absolute atomic E-state index is 11.6. The molecular weight excluding hydrogens is 264 g/mol. The van der Waals surface area contributed by atoms with Crippen LogP contribution in [-0.4, -0.2) is 31.2 Å². The van der Waals surface area contributed by atoms with Crippen LogP contribution in [0.5, 0.6) is 0 Å². The molecule has 21 heavy (non-hydrogen) atoms. The topological polar surface area (TPSA) is 41.6 Å². The highest BCUT2D eigenvalue weighted by Gasteiger charge is 2.15. The molecule has 1 N–H and O–H groups in total. The fourth-order valence-corrected chi connectivity index (χ4v) is 2.10. The first-order chi connectivity index (χ1) is 9.85. The molecule has 4 nitrogen and oxygen atoms in total. The van der Waals surface area contributed by atoms with Gasteiger partial charge in [-0.15, -0.1) is 0 Å². The molecule has 0 radical (unpaired) electrons. The van der Waals surface area contributed by atoms with Crippen LogP contribution in [0.25, 0.3) is 0 Å². The number of carbonyl (C=O) groups excluding carboxylic acids is 1. The van der Waals surface area contributed by atoms with Crippen LogP contribution < -0.4 is 10.2 Å². The Morgan fingerprint density at radius 1 is 1.14 bits per heavy atom. The highest BCUT2D eigenvalue weighted by Crippen LogP contribution is 2.14. The van der Waals surface area contributed by atoms with Crippen molar-refractivity contribution in [1.82, 2.24) is 5.32 Å². The Hall–Kier alpha value is -1.55. The summed E-state index contributed by atoms with van der Waals surface area (Å²) >= 11 is 0. The molecule has 0 aliphatic carbocycles. The summed E-state index contributed by atoms with van der Waals surface area (Å²) in [6.07, 6.45) is 0. The first kappa shape index (κ1) is 17.5. The van der Waals surface area contributed by atoms with Crippen molar-refractivity contribution in [3.05, 3.63) is 29.8 Å². The molecule has 0 unspecified atom stereocenters. The molecule has 0 aliphatic heterocycles. The van der Waals surface area contributed by atoms with Gasteiger partial charge >= 0.3 is 5.97 Å². The molecule has 0 bridgehead atoms. The molecule has 0 saturated carbocycles. The highest BCUT2D eigenvalue weighted by atomic mass is 16.6. The summed E-state index contributed by atoms with van der Waals surface area (Å²) in [4.78, 5) is 13.9. The van der Waals surface area contributed by atoms with Crippen molar-refractivity contribution >= 4 is 11.7 Å². The Labute approximate surface area is 128 Å². The zero-order chi connectivity index (χ0) is 15.9. The normalized spacial score (nSPS) is 11.3. The van der Waals surface area contributed by atoms with Gasteiger partial charge < -0.3 is 15.0 Å². The summed E-state index contributed by atoms with van der Waals surface area (Å²) in [6.45, 7) is 12.8. The van der Waals surface area contributed by atoms with Crippen molar-refractivity contribution in [2.45, 2.75) is 46.8 Å². The molecule has 0 amide bonds. The van der Waals surface area contributed by atoms with Crippen LogP contribution in [0.3, 0.4) is 0 Å². The number of ether oxygens (including phenoxy) is 1. The van der Waals surface area contributed by atoms with Gasteiger partial charge in [0.05, 0.1) is 6.54 Å². The minimum absolute atomic E-state index is 0.220. The van der Waals surface area contributed by atoms with E-state index in [0.717, 1.165) is 18.7 Å². The summed E-state index contributed by atoms with van der Waals surface area (Å²) in [6, 6.07) is 8.43. The molecule has 0 saturated heterocycles. The number of hydrogen-bond donors (Lipinski definition) is 1. The van der Waals surface area contributed by atoms with Crippen molar-refractivity contribution in [3.63, 3.8) is 0 Å². The lowest BCUT2D eigenvalue weighted by Gasteiger charge is -2.21. The van der Waals surface area contributed by atoms with Crippen LogP contribution in [0.1, 0.15) is 40.2 Å². The monoisotopic (exact) mass is 292 g/mol. The molecule has 0 spiro atoms. The van der Waals surface area contributed by atoms with E-state index in [-0.39, 0.29) is 12.5 Å². The maximum Gasteiger partial charge on any atom is 0.320 e. The van der Waals surface area contributed by atoms with Gasteiger partial charge in [-0.3, -0.25) is 4.79 Å². The van der Waals surface area contributed by atoms with Crippen LogP contribution in [0.4, 0.5) is 5.69 Å². The van der Waals surface area contributed by atoms with Gasteiger partial charge in [-0.2, -0.15) is 0 Å². The number of rotatable bonds is 7. The van der Waals surface area contributed by atoms with E-state index in [1.165, 1.54) is 5.69 Å². The van der Waals surface area contributed by atoms with Crippen LogP contribution in [-0.2, 0) is 16.1 Å². The fourth-order valence-electron chi connectivity index (χ4n) is 2.10. The van der Waals surface area contributed by atoms with Crippen LogP contribution in [0, 0.1) is 0 Å². The molecule has 0 heterocycles. The van der Waals surface area contributed by atoms with Gasteiger partial charge in [-0.25, -0.2) is 0 Å². The summed E-state index contributed by atoms with van der Waals surface area (Å²) in [5.74, 6) is -0.220. The second-order valence-electron chi connectivity index (χ2n) is 6.03. The lowest BCUT2D eigenvalue weighted by molar-refractivity contribution is -0.153. The van der Waals surface area contributed by atoms with Crippen molar-refractivity contribution < 1.29 is 9.53 Å². The average Bonchev–Trinajstić information content (AvgIpc) is 2.40. The smallest absolute Gasteiger partial charge is 0.320 e. The van der Waals surface area contributed by atoms with Crippen molar-refractivity contribution in [1.29, 1.82) is 0 Å². The molecule has 1 rings (SSSR count). The Kier molecular flexibility index (Phi) is 6.69. The molecule has 4 heteroatoms. The number of nitrogens with one attached hydrogen (secondary N) is 1. The van der Waals surface area contributed by atoms with E-state index in [9.17, 15) is 4.79 Å². The van der Waals surface area contributed by atoms with Crippen LogP contribution in [0.2, 0.25) is 0 Å². The van der Waals surface area contributed by atoms with Gasteiger partial charge in [0.15, 0.2) is 0 Å². The van der Waals surface area contributed by atoms with Gasteiger partial charge in [-0.05, 0) is 52.3 Å². The Morgan fingerprint density at radius 2 is 1.71 bits per heavy atom. The molecule has 0 aliphatic rings. The number of benzene rings is 1. The van der Waals surface area contributed by atoms with Gasteiger partial charge in [0.2, 0.25) is 0 Å². The molecule has 1 aromatic carbocycles. The third-order valence-electron chi connectivity index (χ3n) is 3.08. The SMILES string of the molecule is CCN(CC)c1ccc(CNCC(=O)OC(C)(C)C)cc1. The maximum atomic E-state index is 11.6. The minimum atomic E-state index is -0.426. The number of hydrogen-bond acceptors (Lipinski definition) is 4. The zero-order valence-electron chi connectivity index (χ0n) is 13.9. The number of nitrogens with zero attached hydrogens (tertiary/aromatic N) is 1. The number of esters is 1. The summed E-state index contributed by atoms with van der Waals surface area (Å²) < 4.78 is 5.25. The number of anilines is 1. The molecule has 0 aromatic heterocycles. The van der Waals surface area contributed by atoms with Gasteiger partial charge in [0.25, 0.3) is 0 Å². The van der Waals surface area contributed by atoms with Gasteiger partial charge in [-0.1, -0.05) is 12.1 Å². The summed E-state index contributed by atoms with van der Waals surface area (Å²) in [5, 5.41) is 3.11. The molecule has 0 fully saturated rings. The van der Waals surface area contributed by atoms with E-state index >= 15 is 0 Å². The molecular formula is C17H28N2O2. The third-order valence-corrected chi connectivity index (χ3v) is 3.08. The van der Waals surface area contributed by atoms with E-state index in [1.54, 1.807) is 0 Å². The zero-order valence-corrected chi connectivity index (χ0v) is 13.9. The van der Waals surface area contributed by atoms with E-state index in [1.807, 2.05) is 20.8 Å². The Bertz CT molecular complexity index is 431. The van der Waals surface area contributed by atoms with Crippen molar-refractivity contribution in [2.75, 3.05) is 24.5 Å². The lowest BCUT2D eigenvalue weighted by Crippen LogP contribution is -2.31. The van der Waals surface area contributed by atoms with E-state index in [4.69, 9.17) is 4.74 Å². The lowest BCUT2D eigenvalue weighted by atomic mass is 10.2. The van der Waals surface area contributed by atoms with Crippen LogP contribution >= 0.6 is 0 Å². The predicted molar refractivity (Wildman–Crippen MR) is 87.6 cm³/mol. The minimum Gasteiger partial charge on any atom is -0.459 e. The van der Waals surface area contributed by atoms with Crippen molar-refractivity contribution in [2.24, 2.45) is 0 Å². The van der Waals surface area contributed by atoms with Gasteiger partial charge in [0, 0.05) is 25.3 Å². The number of carbonyl (C=O) groups is 1. The van der Waals surface area contributed by atoms with E-state index < -0.39 is 5.60 Å². The Balaban J connectivity index is 2.41. The first-order valence-electron chi connectivity index (χ1n) is 7.62. The van der Waals surface area contributed by atoms with E-state index in [0.29, 0.717) is 6.54 Å². The van der Waals surface area contributed by atoms with Gasteiger partial charge in [0.1, 0.15) is 5.60 Å². The second kappa shape index (κ2) is 8.03. The quantitative estimate of drug-likeness (QED) is 0.785. The fraction of sp³-hybridized carbons (Fsp3) is 0.588. The third kappa shape index (κ3) is 6.63. The largest absolute Gasteiger partial charge is 0.459 e. The highest BCUT2D eigenvalue weighted by molar-refractivity contribution is 5.72. The molecule has 0 atom stereocenters. The predicted octanol–water partition coefficient (Wildman–Crippen LogP) is 2.96. The van der Waals surface area contributed by atoms with E-state index in [2.05, 4.69) is 48.3 Å².